The summed E-state index contributed by atoms with van der Waals surface area (Å²) in [6.45, 7) is 7.85. The van der Waals surface area contributed by atoms with E-state index in [1.54, 1.807) is 30.5 Å². The minimum atomic E-state index is -1.53. The topological polar surface area (TPSA) is 176 Å². The summed E-state index contributed by atoms with van der Waals surface area (Å²) in [5.41, 5.74) is 2.38. The summed E-state index contributed by atoms with van der Waals surface area (Å²) in [4.78, 5) is 59.2. The number of benzene rings is 4. The summed E-state index contributed by atoms with van der Waals surface area (Å²) in [6.07, 6.45) is 0.809. The molecule has 1 aliphatic rings. The highest BCUT2D eigenvalue weighted by Crippen LogP contribution is 2.38. The Morgan fingerprint density at radius 1 is 0.762 bits per heavy atom. The second-order valence-corrected chi connectivity index (χ2v) is 18.8. The van der Waals surface area contributed by atoms with Crippen molar-refractivity contribution in [1.29, 1.82) is 0 Å². The number of aromatic amines is 1. The van der Waals surface area contributed by atoms with Crippen molar-refractivity contribution >= 4 is 116 Å². The fourth-order valence-corrected chi connectivity index (χ4v) is 9.80. The van der Waals surface area contributed by atoms with E-state index >= 15 is 0 Å². The molecule has 1 fully saturated rings. The molecule has 0 bridgehead atoms. The SMILES string of the molecule is COC(=O)[C@H](NC(=O)[C@H](NC(=O)[C@@H](Cc1c[nH]c2cc(B3OC(C)(C)C(C)(C)O3)ccc12)NC(=O)OCc1ccccc1)c1cc(Cl)c(OC)c(Cl)c1)c1cc(I)c(OC)c(I)c1. The van der Waals surface area contributed by atoms with Crippen LogP contribution in [0.25, 0.3) is 10.9 Å². The van der Waals surface area contributed by atoms with Gasteiger partial charge in [0.2, 0.25) is 11.8 Å². The first kappa shape index (κ1) is 48.2. The Morgan fingerprint density at radius 2 is 1.35 bits per heavy atom. The molecular formula is C44H45BCl2I2N4O10. The van der Waals surface area contributed by atoms with Gasteiger partial charge in [0.15, 0.2) is 11.8 Å². The highest BCUT2D eigenvalue weighted by atomic mass is 127. The van der Waals surface area contributed by atoms with E-state index in [0.29, 0.717) is 24.0 Å². The van der Waals surface area contributed by atoms with E-state index in [1.165, 1.54) is 33.5 Å². The number of amides is 3. The number of carbonyl (C=O) groups excluding carboxylic acids is 4. The number of rotatable bonds is 15. The number of hydrogen-bond acceptors (Lipinski definition) is 10. The number of alkyl carbamates (subject to hydrolysis) is 1. The van der Waals surface area contributed by atoms with Gasteiger partial charge in [0, 0.05) is 23.5 Å². The van der Waals surface area contributed by atoms with E-state index in [-0.39, 0.29) is 34.4 Å². The van der Waals surface area contributed by atoms with Gasteiger partial charge >= 0.3 is 19.2 Å². The van der Waals surface area contributed by atoms with Crippen molar-refractivity contribution in [2.24, 2.45) is 0 Å². The number of esters is 1. The number of methoxy groups -OCH3 is 3. The van der Waals surface area contributed by atoms with Crippen molar-refractivity contribution in [3.8, 4) is 11.5 Å². The Hall–Kier alpha value is -4.28. The molecule has 0 radical (unpaired) electrons. The number of halogens is 4. The molecule has 14 nitrogen and oxygen atoms in total. The van der Waals surface area contributed by atoms with Crippen molar-refractivity contribution in [3.05, 3.63) is 118 Å². The van der Waals surface area contributed by atoms with Crippen LogP contribution in [0.4, 0.5) is 4.79 Å². The maximum absolute atomic E-state index is 14.6. The molecule has 0 unspecified atom stereocenters. The van der Waals surface area contributed by atoms with Crippen LogP contribution in [-0.2, 0) is 46.2 Å². The number of fused-ring (bicyclic) bond motifs is 1. The molecule has 3 amide bonds. The highest BCUT2D eigenvalue weighted by molar-refractivity contribution is 14.1. The molecule has 1 aromatic heterocycles. The van der Waals surface area contributed by atoms with Crippen LogP contribution in [0.2, 0.25) is 10.0 Å². The lowest BCUT2D eigenvalue weighted by molar-refractivity contribution is -0.145. The molecule has 6 rings (SSSR count). The van der Waals surface area contributed by atoms with E-state index in [1.807, 2.05) is 64.1 Å². The van der Waals surface area contributed by atoms with Crippen LogP contribution in [0.5, 0.6) is 11.5 Å². The molecule has 0 spiro atoms. The Morgan fingerprint density at radius 3 is 1.94 bits per heavy atom. The van der Waals surface area contributed by atoms with E-state index in [2.05, 4.69) is 66.1 Å². The second kappa shape index (κ2) is 20.3. The first-order chi connectivity index (χ1) is 29.9. The van der Waals surface area contributed by atoms with Crippen LogP contribution in [0.1, 0.15) is 62.0 Å². The van der Waals surface area contributed by atoms with Crippen LogP contribution in [0, 0.1) is 7.14 Å². The number of nitrogens with one attached hydrogen (secondary N) is 4. The summed E-state index contributed by atoms with van der Waals surface area (Å²) in [5.74, 6) is -1.66. The first-order valence-electron chi connectivity index (χ1n) is 19.5. The predicted octanol–water partition coefficient (Wildman–Crippen LogP) is 7.73. The summed E-state index contributed by atoms with van der Waals surface area (Å²) in [6, 6.07) is 16.8. The minimum absolute atomic E-state index is 0.0475. The van der Waals surface area contributed by atoms with E-state index in [0.717, 1.165) is 21.9 Å². The van der Waals surface area contributed by atoms with Crippen LogP contribution >= 0.6 is 68.4 Å². The zero-order chi connectivity index (χ0) is 45.8. The van der Waals surface area contributed by atoms with Crippen LogP contribution < -0.4 is 30.9 Å². The fourth-order valence-electron chi connectivity index (χ4n) is 6.88. The molecular weight excluding hydrogens is 1080 g/mol. The summed E-state index contributed by atoms with van der Waals surface area (Å²) in [7, 11) is 3.50. The maximum atomic E-state index is 14.6. The Labute approximate surface area is 402 Å². The lowest BCUT2D eigenvalue weighted by Gasteiger charge is -2.32. The third-order valence-electron chi connectivity index (χ3n) is 11.0. The minimum Gasteiger partial charge on any atom is -0.495 e. The molecule has 4 aromatic carbocycles. The van der Waals surface area contributed by atoms with Gasteiger partial charge in [-0.2, -0.15) is 0 Å². The van der Waals surface area contributed by atoms with Crippen LogP contribution in [0.3, 0.4) is 0 Å². The molecule has 332 valence electrons. The van der Waals surface area contributed by atoms with Crippen molar-refractivity contribution in [1.82, 2.24) is 20.9 Å². The van der Waals surface area contributed by atoms with E-state index in [9.17, 15) is 19.2 Å². The van der Waals surface area contributed by atoms with Crippen molar-refractivity contribution in [2.75, 3.05) is 21.3 Å². The summed E-state index contributed by atoms with van der Waals surface area (Å²) < 4.78 is 35.4. The average Bonchev–Trinajstić information content (AvgIpc) is 3.74. The average molecular weight is 1130 g/mol. The third kappa shape index (κ3) is 11.0. The Kier molecular flexibility index (Phi) is 15.5. The summed E-state index contributed by atoms with van der Waals surface area (Å²) >= 11 is 17.3. The Balaban J connectivity index is 1.34. The lowest BCUT2D eigenvalue weighted by Crippen LogP contribution is -2.52. The van der Waals surface area contributed by atoms with Gasteiger partial charge in [-0.3, -0.25) is 9.59 Å². The molecule has 1 saturated heterocycles. The molecule has 1 aliphatic heterocycles. The van der Waals surface area contributed by atoms with Crippen LogP contribution in [-0.4, -0.2) is 74.6 Å². The van der Waals surface area contributed by atoms with Gasteiger partial charge in [-0.15, -0.1) is 0 Å². The Bertz CT molecular complexity index is 2460. The standard InChI is InChI=1S/C44H45BCl2I2N4O10/c1-43(2)44(3,4)63-45(62-43)27-13-14-28-26(21-50-33(28)20-27)19-34(51-42(57)61-22-23-11-9-8-10-12-23)39(54)52-35(24-15-29(46)37(58-5)30(47)16-24)40(55)53-36(41(56)60-7)25-17-31(48)38(59-6)32(49)18-25/h8-18,20-21,34-36,50H,19,22H2,1-7H3,(H,51,57)(H,52,54)(H,53,55)/t34-,35-,36-/m1/s1. The smallest absolute Gasteiger partial charge is 0.494 e. The zero-order valence-electron chi connectivity index (χ0n) is 35.3. The van der Waals surface area contributed by atoms with Gasteiger partial charge in [-0.25, -0.2) is 9.59 Å². The predicted molar refractivity (Wildman–Crippen MR) is 256 cm³/mol. The quantitative estimate of drug-likeness (QED) is 0.0462. The molecule has 3 atom stereocenters. The number of carbonyl (C=O) groups is 4. The molecule has 5 aromatic rings. The monoisotopic (exact) mass is 1120 g/mol. The van der Waals surface area contributed by atoms with Gasteiger partial charge in [0.1, 0.15) is 24.4 Å². The summed E-state index contributed by atoms with van der Waals surface area (Å²) in [5, 5.41) is 9.09. The molecule has 2 heterocycles. The second-order valence-electron chi connectivity index (χ2n) is 15.6. The van der Waals surface area contributed by atoms with Crippen molar-refractivity contribution in [2.45, 2.75) is 70.1 Å². The number of aromatic nitrogens is 1. The van der Waals surface area contributed by atoms with E-state index < -0.39 is 60.3 Å². The normalized spacial score (nSPS) is 15.5. The third-order valence-corrected chi connectivity index (χ3v) is 13.1. The van der Waals surface area contributed by atoms with Gasteiger partial charge in [-0.05, 0) is 131 Å². The number of ether oxygens (including phenoxy) is 4. The fraction of sp³-hybridized carbons (Fsp3) is 0.318. The largest absolute Gasteiger partial charge is 0.495 e. The number of hydrogen-bond donors (Lipinski definition) is 4. The lowest BCUT2D eigenvalue weighted by atomic mass is 9.78. The van der Waals surface area contributed by atoms with Gasteiger partial charge in [0.25, 0.3) is 0 Å². The van der Waals surface area contributed by atoms with Crippen molar-refractivity contribution < 1.29 is 47.4 Å². The molecule has 4 N–H and O–H groups in total. The molecule has 0 aliphatic carbocycles. The number of H-pyrrole nitrogens is 1. The molecule has 63 heavy (non-hydrogen) atoms. The van der Waals surface area contributed by atoms with E-state index in [4.69, 9.17) is 51.5 Å². The highest BCUT2D eigenvalue weighted by Gasteiger charge is 2.51. The molecule has 19 heteroatoms. The van der Waals surface area contributed by atoms with Gasteiger partial charge < -0.3 is 49.2 Å². The zero-order valence-corrected chi connectivity index (χ0v) is 41.2. The van der Waals surface area contributed by atoms with Gasteiger partial charge in [-0.1, -0.05) is 65.7 Å². The van der Waals surface area contributed by atoms with Crippen molar-refractivity contribution in [3.63, 3.8) is 0 Å². The molecule has 0 saturated carbocycles. The van der Waals surface area contributed by atoms with Gasteiger partial charge in [0.05, 0.1) is 49.7 Å². The van der Waals surface area contributed by atoms with Crippen LogP contribution in [0.15, 0.2) is 79.0 Å². The maximum Gasteiger partial charge on any atom is 0.494 e. The first-order valence-corrected chi connectivity index (χ1v) is 22.4.